The van der Waals surface area contributed by atoms with Crippen molar-refractivity contribution >= 4 is 15.7 Å². The fourth-order valence-corrected chi connectivity index (χ4v) is 3.65. The Morgan fingerprint density at radius 3 is 2.41 bits per heavy atom. The van der Waals surface area contributed by atoms with Crippen LogP contribution in [-0.2, 0) is 9.84 Å². The van der Waals surface area contributed by atoms with Gasteiger partial charge in [0.25, 0.3) is 5.91 Å². The lowest BCUT2D eigenvalue weighted by molar-refractivity contribution is 0.0925. The maximum absolute atomic E-state index is 12.7. The van der Waals surface area contributed by atoms with Crippen LogP contribution in [0.5, 0.6) is 11.5 Å². The van der Waals surface area contributed by atoms with Gasteiger partial charge in [-0.25, -0.2) is 8.42 Å². The summed E-state index contributed by atoms with van der Waals surface area (Å²) in [7, 11) is -3.38. The van der Waals surface area contributed by atoms with Crippen molar-refractivity contribution in [3.05, 3.63) is 53.6 Å². The van der Waals surface area contributed by atoms with Crippen LogP contribution in [0.1, 0.15) is 35.8 Å². The zero-order chi connectivity index (χ0) is 19.6. The molecule has 27 heavy (non-hydrogen) atoms. The number of fused-ring (bicyclic) bond motifs is 1. The van der Waals surface area contributed by atoms with Gasteiger partial charge >= 0.3 is 0 Å². The molecule has 1 N–H and O–H groups in total. The molecule has 0 aliphatic carbocycles. The highest BCUT2D eigenvalue weighted by molar-refractivity contribution is 7.90. The highest BCUT2D eigenvalue weighted by atomic mass is 32.2. The Hall–Kier alpha value is -2.54. The maximum atomic E-state index is 12.7. The van der Waals surface area contributed by atoms with Crippen molar-refractivity contribution in [3.8, 4) is 11.5 Å². The minimum Gasteiger partial charge on any atom is -0.486 e. The van der Waals surface area contributed by atoms with Gasteiger partial charge in [0.1, 0.15) is 13.2 Å². The minimum atomic E-state index is -3.38. The van der Waals surface area contributed by atoms with Crippen molar-refractivity contribution in [2.45, 2.75) is 24.8 Å². The number of carbonyl (C=O) groups is 1. The first-order chi connectivity index (χ1) is 12.8. The van der Waals surface area contributed by atoms with Gasteiger partial charge in [-0.15, -0.1) is 0 Å². The van der Waals surface area contributed by atoms with E-state index in [0.717, 1.165) is 11.8 Å². The largest absolute Gasteiger partial charge is 0.486 e. The van der Waals surface area contributed by atoms with Gasteiger partial charge in [0.05, 0.1) is 10.9 Å². The third kappa shape index (κ3) is 4.42. The summed E-state index contributed by atoms with van der Waals surface area (Å²) >= 11 is 0. The molecule has 0 bridgehead atoms. The van der Waals surface area contributed by atoms with Crippen molar-refractivity contribution in [1.29, 1.82) is 0 Å². The van der Waals surface area contributed by atoms with Crippen molar-refractivity contribution < 1.29 is 22.7 Å². The van der Waals surface area contributed by atoms with Crippen LogP contribution in [-0.4, -0.2) is 33.8 Å². The van der Waals surface area contributed by atoms with Gasteiger partial charge in [-0.05, 0) is 41.8 Å². The van der Waals surface area contributed by atoms with Gasteiger partial charge in [-0.1, -0.05) is 26.0 Å². The van der Waals surface area contributed by atoms with Crippen LogP contribution >= 0.6 is 0 Å². The zero-order valence-electron chi connectivity index (χ0n) is 15.6. The van der Waals surface area contributed by atoms with Crippen LogP contribution in [0.25, 0.3) is 0 Å². The van der Waals surface area contributed by atoms with Gasteiger partial charge in [0.2, 0.25) is 0 Å². The quantitative estimate of drug-likeness (QED) is 0.850. The number of hydrogen-bond acceptors (Lipinski definition) is 5. The Balaban J connectivity index is 1.86. The minimum absolute atomic E-state index is 0.120. The molecule has 144 valence electrons. The fraction of sp³-hybridized carbons (Fsp3) is 0.350. The fourth-order valence-electron chi connectivity index (χ4n) is 2.98. The predicted octanol–water partition coefficient (Wildman–Crippen LogP) is 2.99. The molecule has 2 aromatic carbocycles. The summed E-state index contributed by atoms with van der Waals surface area (Å²) in [5, 5.41) is 3.00. The Morgan fingerprint density at radius 2 is 1.74 bits per heavy atom. The lowest BCUT2D eigenvalue weighted by Crippen LogP contribution is -2.32. The second-order valence-electron chi connectivity index (χ2n) is 6.90. The lowest BCUT2D eigenvalue weighted by atomic mass is 9.95. The number of rotatable bonds is 5. The molecule has 0 fully saturated rings. The van der Waals surface area contributed by atoms with Gasteiger partial charge in [-0.2, -0.15) is 0 Å². The van der Waals surface area contributed by atoms with E-state index in [2.05, 4.69) is 5.32 Å². The summed E-state index contributed by atoms with van der Waals surface area (Å²) in [6, 6.07) is 11.4. The van der Waals surface area contributed by atoms with Crippen molar-refractivity contribution in [2.24, 2.45) is 5.92 Å². The molecule has 0 spiro atoms. The van der Waals surface area contributed by atoms with E-state index in [1.807, 2.05) is 32.0 Å². The molecular formula is C20H23NO5S. The Labute approximate surface area is 159 Å². The van der Waals surface area contributed by atoms with E-state index >= 15 is 0 Å². The molecule has 1 amide bonds. The third-order valence-electron chi connectivity index (χ3n) is 4.40. The normalized spacial score (nSPS) is 14.7. The first-order valence-electron chi connectivity index (χ1n) is 8.76. The van der Waals surface area contributed by atoms with E-state index in [4.69, 9.17) is 9.47 Å². The molecule has 1 atom stereocenters. The molecule has 2 aromatic rings. The number of hydrogen-bond donors (Lipinski definition) is 1. The van der Waals surface area contributed by atoms with Gasteiger partial charge < -0.3 is 14.8 Å². The summed E-state index contributed by atoms with van der Waals surface area (Å²) < 4.78 is 34.7. The Kier molecular flexibility index (Phi) is 5.41. The van der Waals surface area contributed by atoms with Crippen LogP contribution < -0.4 is 14.8 Å². The SMILES string of the molecule is CC(C)[C@H](NC(=O)c1cccc(S(C)(=O)=O)c1)c1ccc2c(c1)OCCO2. The summed E-state index contributed by atoms with van der Waals surface area (Å²) in [5.41, 5.74) is 1.21. The van der Waals surface area contributed by atoms with Crippen LogP contribution in [0.3, 0.4) is 0 Å². The van der Waals surface area contributed by atoms with Crippen LogP contribution in [0.4, 0.5) is 0 Å². The first-order valence-corrected chi connectivity index (χ1v) is 10.7. The standard InChI is InChI=1S/C20H23NO5S/c1-13(2)19(14-7-8-17-18(12-14)26-10-9-25-17)21-20(22)15-5-4-6-16(11-15)27(3,23)24/h4-8,11-13,19H,9-10H2,1-3H3,(H,21,22)/t19-/m0/s1. The highest BCUT2D eigenvalue weighted by Gasteiger charge is 2.22. The molecule has 0 saturated carbocycles. The molecule has 1 aliphatic rings. The maximum Gasteiger partial charge on any atom is 0.251 e. The number of amides is 1. The second-order valence-corrected chi connectivity index (χ2v) is 8.91. The molecule has 0 saturated heterocycles. The monoisotopic (exact) mass is 389 g/mol. The van der Waals surface area contributed by atoms with E-state index in [0.29, 0.717) is 30.3 Å². The number of nitrogens with one attached hydrogen (secondary N) is 1. The van der Waals surface area contributed by atoms with Crippen LogP contribution in [0.15, 0.2) is 47.4 Å². The number of carbonyl (C=O) groups excluding carboxylic acids is 1. The molecular weight excluding hydrogens is 366 g/mol. The summed E-state index contributed by atoms with van der Waals surface area (Å²) in [6.07, 6.45) is 1.12. The van der Waals surface area contributed by atoms with E-state index < -0.39 is 9.84 Å². The van der Waals surface area contributed by atoms with E-state index in [1.165, 1.54) is 12.1 Å². The lowest BCUT2D eigenvalue weighted by Gasteiger charge is -2.25. The van der Waals surface area contributed by atoms with Gasteiger partial charge in [-0.3, -0.25) is 4.79 Å². The second kappa shape index (κ2) is 7.60. The van der Waals surface area contributed by atoms with E-state index in [-0.39, 0.29) is 22.8 Å². The molecule has 1 aliphatic heterocycles. The van der Waals surface area contributed by atoms with Crippen molar-refractivity contribution in [2.75, 3.05) is 19.5 Å². The average Bonchev–Trinajstić information content (AvgIpc) is 2.64. The molecule has 0 aromatic heterocycles. The molecule has 0 radical (unpaired) electrons. The molecule has 3 rings (SSSR count). The molecule has 1 heterocycles. The van der Waals surface area contributed by atoms with Crippen molar-refractivity contribution in [1.82, 2.24) is 5.32 Å². The number of ether oxygens (including phenoxy) is 2. The van der Waals surface area contributed by atoms with Crippen LogP contribution in [0.2, 0.25) is 0 Å². The van der Waals surface area contributed by atoms with Gasteiger partial charge in [0, 0.05) is 11.8 Å². The average molecular weight is 389 g/mol. The topological polar surface area (TPSA) is 81.7 Å². The zero-order valence-corrected chi connectivity index (χ0v) is 16.4. The van der Waals surface area contributed by atoms with Gasteiger partial charge in [0.15, 0.2) is 21.3 Å². The number of benzene rings is 2. The molecule has 0 unspecified atom stereocenters. The predicted molar refractivity (Wildman–Crippen MR) is 102 cm³/mol. The van der Waals surface area contributed by atoms with Crippen LogP contribution in [0, 0.1) is 5.92 Å². The van der Waals surface area contributed by atoms with Crippen molar-refractivity contribution in [3.63, 3.8) is 0 Å². The summed E-state index contributed by atoms with van der Waals surface area (Å²) in [5.74, 6) is 1.15. The first kappa shape index (κ1) is 19.2. The summed E-state index contributed by atoms with van der Waals surface area (Å²) in [6.45, 7) is 5.03. The Morgan fingerprint density at radius 1 is 1.04 bits per heavy atom. The van der Waals surface area contributed by atoms with E-state index in [9.17, 15) is 13.2 Å². The Bertz CT molecular complexity index is 953. The number of sulfone groups is 1. The highest BCUT2D eigenvalue weighted by Crippen LogP contribution is 2.34. The third-order valence-corrected chi connectivity index (χ3v) is 5.51. The smallest absolute Gasteiger partial charge is 0.251 e. The molecule has 6 nitrogen and oxygen atoms in total. The summed E-state index contributed by atoms with van der Waals surface area (Å²) in [4.78, 5) is 12.9. The molecule has 7 heteroatoms. The van der Waals surface area contributed by atoms with E-state index in [1.54, 1.807) is 12.1 Å².